The number of hydrogen-bond acceptors (Lipinski definition) is 0. The third-order valence-corrected chi connectivity index (χ3v) is 2.84. The average Bonchev–Trinajstić information content (AvgIpc) is 2.93. The number of hydrogen-bond donors (Lipinski definition) is 0. The van der Waals surface area contributed by atoms with Crippen LogP contribution in [0.3, 0.4) is 0 Å². The molecule has 0 fully saturated rings. The molecule has 0 radical (unpaired) electrons. The number of aryl methyl sites for hydroxylation is 1. The molecule has 94 valence electrons. The summed E-state index contributed by atoms with van der Waals surface area (Å²) in [7, 11) is 0. The smallest absolute Gasteiger partial charge is 0.0406 e. The van der Waals surface area contributed by atoms with E-state index in [1.165, 1.54) is 0 Å². The molecule has 0 N–H and O–H groups in total. The maximum Gasteiger partial charge on any atom is 0.0406 e. The van der Waals surface area contributed by atoms with E-state index in [0.717, 1.165) is 30.0 Å². The monoisotopic (exact) mass is 267 g/mol. The van der Waals surface area contributed by atoms with E-state index in [4.69, 9.17) is 11.6 Å². The van der Waals surface area contributed by atoms with Crippen molar-refractivity contribution in [2.75, 3.05) is 0 Å². The first-order valence-corrected chi connectivity index (χ1v) is 6.57. The predicted molar refractivity (Wildman–Crippen MR) is 79.8 cm³/mol. The number of nitrogens with zero attached hydrogens (tertiary/aromatic N) is 1. The van der Waals surface area contributed by atoms with Crippen molar-refractivity contribution < 1.29 is 0 Å². The van der Waals surface area contributed by atoms with Crippen LogP contribution in [0.2, 0.25) is 5.02 Å². The second-order valence-corrected chi connectivity index (χ2v) is 4.52. The van der Waals surface area contributed by atoms with E-state index < -0.39 is 0 Å². The summed E-state index contributed by atoms with van der Waals surface area (Å²) < 4.78 is 2.15. The molecule has 0 aliphatic carbocycles. The fraction of sp³-hybridized carbons (Fsp3) is 0.176. The minimum Gasteiger partial charge on any atom is -0.354 e. The summed E-state index contributed by atoms with van der Waals surface area (Å²) in [6, 6.07) is 11.5. The van der Waals surface area contributed by atoms with Crippen molar-refractivity contribution in [1.29, 1.82) is 0 Å². The van der Waals surface area contributed by atoms with E-state index in [2.05, 4.69) is 40.6 Å². The molecule has 0 spiro atoms. The Morgan fingerprint density at radius 1 is 1.00 bits per heavy atom. The normalized spacial score (nSPS) is 9.11. The number of benzene rings is 1. The van der Waals surface area contributed by atoms with Crippen LogP contribution < -0.4 is 0 Å². The van der Waals surface area contributed by atoms with Crippen LogP contribution >= 0.6 is 11.6 Å². The highest BCUT2D eigenvalue weighted by atomic mass is 35.5. The molecule has 0 saturated heterocycles. The maximum absolute atomic E-state index is 5.79. The van der Waals surface area contributed by atoms with Gasteiger partial charge >= 0.3 is 0 Å². The molecule has 0 aliphatic rings. The Morgan fingerprint density at radius 2 is 1.74 bits per heavy atom. The van der Waals surface area contributed by atoms with Gasteiger partial charge in [0.2, 0.25) is 0 Å². The first-order chi connectivity index (χ1) is 9.34. The molecular weight excluding hydrogens is 254 g/mol. The third-order valence-electron chi connectivity index (χ3n) is 2.59. The zero-order chi connectivity index (χ0) is 13.3. The Hall–Kier alpha value is -2.09. The lowest BCUT2D eigenvalue weighted by atomic mass is 10.2. The molecule has 2 heteroatoms. The highest BCUT2D eigenvalue weighted by Crippen LogP contribution is 2.08. The summed E-state index contributed by atoms with van der Waals surface area (Å²) in [5.74, 6) is 11.8. The molecule has 0 aliphatic heterocycles. The van der Waals surface area contributed by atoms with E-state index in [0.29, 0.717) is 0 Å². The van der Waals surface area contributed by atoms with Crippen molar-refractivity contribution in [3.8, 4) is 23.7 Å². The Balaban J connectivity index is 1.74. The number of aromatic nitrogens is 1. The lowest BCUT2D eigenvalue weighted by Crippen LogP contribution is -1.92. The molecule has 1 aromatic heterocycles. The Labute approximate surface area is 119 Å². The van der Waals surface area contributed by atoms with Crippen LogP contribution in [-0.4, -0.2) is 4.57 Å². The van der Waals surface area contributed by atoms with Gasteiger partial charge in [-0.05, 0) is 54.7 Å². The Bertz CT molecular complexity index is 616. The molecule has 0 saturated carbocycles. The van der Waals surface area contributed by atoms with Crippen molar-refractivity contribution in [3.05, 3.63) is 59.4 Å². The van der Waals surface area contributed by atoms with Gasteiger partial charge < -0.3 is 4.57 Å². The zero-order valence-electron chi connectivity index (χ0n) is 10.6. The van der Waals surface area contributed by atoms with Gasteiger partial charge in [-0.15, -0.1) is 0 Å². The summed E-state index contributed by atoms with van der Waals surface area (Å²) in [6.07, 6.45) is 6.04. The highest BCUT2D eigenvalue weighted by molar-refractivity contribution is 6.30. The van der Waals surface area contributed by atoms with E-state index in [9.17, 15) is 0 Å². The van der Waals surface area contributed by atoms with E-state index >= 15 is 0 Å². The molecule has 1 nitrogen and oxygen atoms in total. The van der Waals surface area contributed by atoms with Gasteiger partial charge in [0.1, 0.15) is 0 Å². The minimum atomic E-state index is 0.724. The fourth-order valence-electron chi connectivity index (χ4n) is 1.61. The molecule has 2 aromatic rings. The van der Waals surface area contributed by atoms with Crippen molar-refractivity contribution in [1.82, 2.24) is 4.57 Å². The van der Waals surface area contributed by atoms with Gasteiger partial charge in [0.25, 0.3) is 0 Å². The maximum atomic E-state index is 5.79. The molecule has 0 bridgehead atoms. The van der Waals surface area contributed by atoms with Gasteiger partial charge in [-0.25, -0.2) is 0 Å². The van der Waals surface area contributed by atoms with Crippen LogP contribution in [0.4, 0.5) is 0 Å². The molecule has 1 aromatic carbocycles. The van der Waals surface area contributed by atoms with Gasteiger partial charge in [0.05, 0.1) is 0 Å². The van der Waals surface area contributed by atoms with Crippen LogP contribution in [0.5, 0.6) is 0 Å². The SMILES string of the molecule is Clc1ccc(C#CC#CCCCn2cccc2)cc1. The lowest BCUT2D eigenvalue weighted by Gasteiger charge is -1.97. The van der Waals surface area contributed by atoms with Crippen molar-refractivity contribution in [3.63, 3.8) is 0 Å². The largest absolute Gasteiger partial charge is 0.354 e. The van der Waals surface area contributed by atoms with Gasteiger partial charge in [-0.1, -0.05) is 23.4 Å². The first kappa shape index (κ1) is 13.3. The summed E-state index contributed by atoms with van der Waals surface area (Å²) in [5.41, 5.74) is 0.936. The van der Waals surface area contributed by atoms with Gasteiger partial charge in [0.15, 0.2) is 0 Å². The summed E-state index contributed by atoms with van der Waals surface area (Å²) in [4.78, 5) is 0. The first-order valence-electron chi connectivity index (χ1n) is 6.20. The number of halogens is 1. The average molecular weight is 268 g/mol. The molecule has 1 heterocycles. The van der Waals surface area contributed by atoms with Gasteiger partial charge in [-0.3, -0.25) is 0 Å². The standard InChI is InChI=1S/C17H14ClN/c18-17-11-9-16(10-12-17)8-4-2-1-3-5-13-19-14-6-7-15-19/h6-7,9-12,14-15H,3,5,13H2. The van der Waals surface area contributed by atoms with E-state index in [-0.39, 0.29) is 0 Å². The third kappa shape index (κ3) is 4.96. The summed E-state index contributed by atoms with van der Waals surface area (Å²) in [6.45, 7) is 1.01. The van der Waals surface area contributed by atoms with Crippen LogP contribution in [0, 0.1) is 23.7 Å². The van der Waals surface area contributed by atoms with Gasteiger partial charge in [0, 0.05) is 35.9 Å². The zero-order valence-corrected chi connectivity index (χ0v) is 11.3. The predicted octanol–water partition coefficient (Wildman–Crippen LogP) is 3.98. The summed E-state index contributed by atoms with van der Waals surface area (Å²) in [5, 5.41) is 0.724. The molecule has 19 heavy (non-hydrogen) atoms. The Kier molecular flexibility index (Phi) is 5.17. The van der Waals surface area contributed by atoms with Crippen molar-refractivity contribution in [2.24, 2.45) is 0 Å². The van der Waals surface area contributed by atoms with Crippen LogP contribution in [0.1, 0.15) is 18.4 Å². The van der Waals surface area contributed by atoms with Crippen LogP contribution in [0.15, 0.2) is 48.8 Å². The topological polar surface area (TPSA) is 4.93 Å². The van der Waals surface area contributed by atoms with Crippen molar-refractivity contribution in [2.45, 2.75) is 19.4 Å². The van der Waals surface area contributed by atoms with Gasteiger partial charge in [-0.2, -0.15) is 0 Å². The van der Waals surface area contributed by atoms with Crippen LogP contribution in [0.25, 0.3) is 0 Å². The minimum absolute atomic E-state index is 0.724. The number of rotatable bonds is 3. The summed E-state index contributed by atoms with van der Waals surface area (Å²) >= 11 is 5.79. The van der Waals surface area contributed by atoms with Crippen LogP contribution in [-0.2, 0) is 6.54 Å². The molecule has 0 amide bonds. The molecular formula is C17H14ClN. The molecule has 2 rings (SSSR count). The van der Waals surface area contributed by atoms with E-state index in [1.807, 2.05) is 36.4 Å². The molecule has 0 unspecified atom stereocenters. The fourth-order valence-corrected chi connectivity index (χ4v) is 1.74. The second-order valence-electron chi connectivity index (χ2n) is 4.08. The lowest BCUT2D eigenvalue weighted by molar-refractivity contribution is 0.659. The quantitative estimate of drug-likeness (QED) is 0.586. The van der Waals surface area contributed by atoms with E-state index in [1.54, 1.807) is 0 Å². The number of unbranched alkanes of at least 4 members (excludes halogenated alkanes) is 1. The van der Waals surface area contributed by atoms with Crippen molar-refractivity contribution >= 4 is 11.6 Å². The second kappa shape index (κ2) is 7.37. The Morgan fingerprint density at radius 3 is 2.47 bits per heavy atom. The molecule has 0 atom stereocenters. The highest BCUT2D eigenvalue weighted by Gasteiger charge is 1.87.